The van der Waals surface area contributed by atoms with Crippen molar-refractivity contribution in [2.45, 2.75) is 19.8 Å². The summed E-state index contributed by atoms with van der Waals surface area (Å²) in [4.78, 5) is 30.9. The molecule has 0 spiro atoms. The fourth-order valence-electron chi connectivity index (χ4n) is 4.04. The number of ether oxygens (including phenoxy) is 1. The predicted molar refractivity (Wildman–Crippen MR) is 129 cm³/mol. The predicted octanol–water partition coefficient (Wildman–Crippen LogP) is 3.92. The third kappa shape index (κ3) is 3.55. The monoisotopic (exact) mass is 506 g/mol. The number of carbonyl (C=O) groups is 1. The maximum absolute atomic E-state index is 13.9. The first kappa shape index (κ1) is 22.7. The number of benzene rings is 2. The van der Waals surface area contributed by atoms with Crippen molar-refractivity contribution in [3.05, 3.63) is 96.8 Å². The Morgan fingerprint density at radius 1 is 1.20 bits per heavy atom. The first-order valence-corrected chi connectivity index (χ1v) is 11.1. The van der Waals surface area contributed by atoms with Crippen LogP contribution in [0.1, 0.15) is 40.2 Å². The molecule has 1 aliphatic rings. The van der Waals surface area contributed by atoms with E-state index in [9.17, 15) is 14.9 Å². The van der Waals surface area contributed by atoms with E-state index in [1.807, 2.05) is 25.1 Å². The Morgan fingerprint density at radius 2 is 1.91 bits per heavy atom. The summed E-state index contributed by atoms with van der Waals surface area (Å²) in [5, 5.41) is 14.8. The molecule has 0 amide bonds. The Balaban J connectivity index is 1.87. The van der Waals surface area contributed by atoms with Crippen molar-refractivity contribution in [3.8, 4) is 17.6 Å². The molecule has 5 rings (SSSR count). The number of rotatable bonds is 3. The molecule has 0 saturated heterocycles. The minimum atomic E-state index is -0.993. The quantitative estimate of drug-likeness (QED) is 0.417. The van der Waals surface area contributed by atoms with Gasteiger partial charge < -0.3 is 10.5 Å². The lowest BCUT2D eigenvalue weighted by molar-refractivity contribution is 0.100. The lowest BCUT2D eigenvalue weighted by atomic mass is 9.85. The zero-order chi connectivity index (χ0) is 25.0. The summed E-state index contributed by atoms with van der Waals surface area (Å²) in [6.07, 6.45) is 0. The van der Waals surface area contributed by atoms with Crippen LogP contribution in [0.15, 0.2) is 58.7 Å². The summed E-state index contributed by atoms with van der Waals surface area (Å²) in [6.45, 7) is 3.23. The van der Waals surface area contributed by atoms with Crippen LogP contribution in [0.25, 0.3) is 11.5 Å². The summed E-state index contributed by atoms with van der Waals surface area (Å²) in [7, 11) is 0. The molecule has 1 atom stereocenters. The molecule has 0 bridgehead atoms. The van der Waals surface area contributed by atoms with E-state index in [0.717, 1.165) is 9.96 Å². The maximum Gasteiger partial charge on any atom is 0.269 e. The van der Waals surface area contributed by atoms with Gasteiger partial charge in [0.05, 0.1) is 17.2 Å². The third-order valence-electron chi connectivity index (χ3n) is 5.70. The molecule has 3 heterocycles. The Kier molecular flexibility index (Phi) is 5.35. The van der Waals surface area contributed by atoms with Crippen molar-refractivity contribution in [2.24, 2.45) is 5.73 Å². The molecule has 1 unspecified atom stereocenters. The molecule has 35 heavy (non-hydrogen) atoms. The zero-order valence-corrected chi connectivity index (χ0v) is 19.9. The Bertz CT molecular complexity index is 1680. The van der Waals surface area contributed by atoms with Crippen LogP contribution in [0, 0.1) is 18.3 Å². The van der Waals surface area contributed by atoms with Crippen molar-refractivity contribution in [1.82, 2.24) is 19.2 Å². The van der Waals surface area contributed by atoms with Crippen molar-refractivity contribution in [1.29, 1.82) is 5.26 Å². The van der Waals surface area contributed by atoms with Crippen LogP contribution < -0.4 is 16.0 Å². The van der Waals surface area contributed by atoms with Crippen LogP contribution in [-0.2, 0) is 0 Å². The molecule has 0 saturated carbocycles. The molecule has 4 aromatic rings. The normalized spacial score (nSPS) is 15.0. The van der Waals surface area contributed by atoms with Gasteiger partial charge in [-0.15, -0.1) is 5.10 Å². The highest BCUT2D eigenvalue weighted by Crippen LogP contribution is 2.42. The average molecular weight is 507 g/mol. The number of allylic oxidation sites excluding steroid dienone is 1. The summed E-state index contributed by atoms with van der Waals surface area (Å²) in [5.74, 6) is -1.82. The Hall–Kier alpha value is -4.13. The van der Waals surface area contributed by atoms with Crippen LogP contribution in [-0.4, -0.2) is 24.9 Å². The minimum absolute atomic E-state index is 0.00317. The SMILES string of the molecule is CC(=O)c1nn(-c2ccc(C)cc2)c2nc3c(c(=O)n12)C(c1ccc(Cl)cc1Cl)C(C#N)=C(N)O3. The number of halogens is 2. The van der Waals surface area contributed by atoms with Crippen molar-refractivity contribution >= 4 is 34.8 Å². The molecule has 0 radical (unpaired) electrons. The summed E-state index contributed by atoms with van der Waals surface area (Å²) in [5.41, 5.74) is 7.43. The van der Waals surface area contributed by atoms with Crippen LogP contribution in [0.5, 0.6) is 5.88 Å². The second-order valence-electron chi connectivity index (χ2n) is 7.99. The van der Waals surface area contributed by atoms with Crippen molar-refractivity contribution in [2.75, 3.05) is 0 Å². The van der Waals surface area contributed by atoms with E-state index in [0.29, 0.717) is 16.3 Å². The molecule has 0 aliphatic carbocycles. The minimum Gasteiger partial charge on any atom is -0.422 e. The second-order valence-corrected chi connectivity index (χ2v) is 8.83. The largest absolute Gasteiger partial charge is 0.422 e. The highest BCUT2D eigenvalue weighted by atomic mass is 35.5. The number of fused-ring (bicyclic) bond motifs is 2. The molecule has 2 aromatic heterocycles. The number of aryl methyl sites for hydroxylation is 1. The number of nitriles is 1. The fraction of sp³-hybridized carbons (Fsp3) is 0.125. The summed E-state index contributed by atoms with van der Waals surface area (Å²) >= 11 is 12.5. The van der Waals surface area contributed by atoms with Crippen LogP contribution in [0.3, 0.4) is 0 Å². The van der Waals surface area contributed by atoms with Crippen LogP contribution in [0.4, 0.5) is 0 Å². The van der Waals surface area contributed by atoms with Gasteiger partial charge in [-0.1, -0.05) is 47.0 Å². The van der Waals surface area contributed by atoms with Gasteiger partial charge in [-0.05, 0) is 36.8 Å². The van der Waals surface area contributed by atoms with Gasteiger partial charge in [0.25, 0.3) is 5.56 Å². The van der Waals surface area contributed by atoms with Crippen LogP contribution >= 0.6 is 23.2 Å². The molecule has 9 nitrogen and oxygen atoms in total. The average Bonchev–Trinajstić information content (AvgIpc) is 3.19. The van der Waals surface area contributed by atoms with Crippen LogP contribution in [0.2, 0.25) is 10.0 Å². The smallest absolute Gasteiger partial charge is 0.269 e. The molecule has 2 aromatic carbocycles. The van der Waals surface area contributed by atoms with E-state index < -0.39 is 17.3 Å². The third-order valence-corrected chi connectivity index (χ3v) is 6.26. The highest BCUT2D eigenvalue weighted by Gasteiger charge is 2.37. The van der Waals surface area contributed by atoms with E-state index in [1.54, 1.807) is 24.3 Å². The molecule has 1 aliphatic heterocycles. The number of nitrogens with two attached hydrogens (primary N) is 1. The van der Waals surface area contributed by atoms with Gasteiger partial charge in [0.2, 0.25) is 23.4 Å². The second kappa shape index (κ2) is 8.27. The number of Topliss-reactive ketones (excluding diaryl/α,β-unsaturated/α-hetero) is 1. The number of aromatic nitrogens is 4. The van der Waals surface area contributed by atoms with Crippen molar-refractivity contribution in [3.63, 3.8) is 0 Å². The zero-order valence-electron chi connectivity index (χ0n) is 18.4. The number of nitrogens with zero attached hydrogens (tertiary/aromatic N) is 5. The van der Waals surface area contributed by atoms with E-state index in [-0.39, 0.29) is 39.5 Å². The Labute approximate surface area is 208 Å². The highest BCUT2D eigenvalue weighted by molar-refractivity contribution is 6.35. The first-order valence-electron chi connectivity index (χ1n) is 10.4. The molecule has 2 N–H and O–H groups in total. The van der Waals surface area contributed by atoms with Gasteiger partial charge in [-0.2, -0.15) is 14.9 Å². The lowest BCUT2D eigenvalue weighted by Gasteiger charge is -2.25. The van der Waals surface area contributed by atoms with Gasteiger partial charge in [0.1, 0.15) is 11.6 Å². The topological polar surface area (TPSA) is 128 Å². The maximum atomic E-state index is 13.9. The molecule has 174 valence electrons. The molecular formula is C24H16Cl2N6O3. The van der Waals surface area contributed by atoms with Gasteiger partial charge in [0.15, 0.2) is 5.78 Å². The molecule has 11 heteroatoms. The number of hydrogen-bond acceptors (Lipinski definition) is 7. The lowest BCUT2D eigenvalue weighted by Crippen LogP contribution is -2.31. The van der Waals surface area contributed by atoms with Gasteiger partial charge in [-0.25, -0.2) is 4.40 Å². The standard InChI is InChI=1S/C24H16Cl2N6O3/c1-11-3-6-14(7-4-11)32-24-29-22-19(23(34)31(24)21(30-32)12(2)33)18(16(10-27)20(28)35-22)15-8-5-13(25)9-17(15)26/h3-9,18H,28H2,1-2H3. The van der Waals surface area contributed by atoms with Gasteiger partial charge in [0, 0.05) is 17.0 Å². The molecular weight excluding hydrogens is 491 g/mol. The summed E-state index contributed by atoms with van der Waals surface area (Å²) < 4.78 is 8.12. The fourth-order valence-corrected chi connectivity index (χ4v) is 4.56. The van der Waals surface area contributed by atoms with E-state index in [2.05, 4.69) is 10.1 Å². The van der Waals surface area contributed by atoms with E-state index in [1.165, 1.54) is 17.7 Å². The molecule has 0 fully saturated rings. The van der Waals surface area contributed by atoms with Gasteiger partial charge in [-0.3, -0.25) is 9.59 Å². The number of ketones is 1. The summed E-state index contributed by atoms with van der Waals surface area (Å²) in [6, 6.07) is 14.0. The number of carbonyl (C=O) groups excluding carboxylic acids is 1. The number of hydrogen-bond donors (Lipinski definition) is 1. The van der Waals surface area contributed by atoms with E-state index in [4.69, 9.17) is 33.7 Å². The van der Waals surface area contributed by atoms with E-state index >= 15 is 0 Å². The van der Waals surface area contributed by atoms with Gasteiger partial charge >= 0.3 is 0 Å². The Morgan fingerprint density at radius 3 is 2.54 bits per heavy atom. The first-order chi connectivity index (χ1) is 16.7. The van der Waals surface area contributed by atoms with Crippen molar-refractivity contribution < 1.29 is 9.53 Å².